The number of piperidine rings is 1. The molecule has 3 nitrogen and oxygen atoms in total. The minimum atomic E-state index is 0.976. The van der Waals surface area contributed by atoms with Crippen molar-refractivity contribution >= 4 is 5.57 Å². The predicted octanol–water partition coefficient (Wildman–Crippen LogP) is 3.73. The third-order valence-corrected chi connectivity index (χ3v) is 6.13. The summed E-state index contributed by atoms with van der Waals surface area (Å²) >= 11 is 0. The zero-order valence-electron chi connectivity index (χ0n) is 16.4. The van der Waals surface area contributed by atoms with Crippen molar-refractivity contribution in [2.24, 2.45) is 0 Å². The average Bonchev–Trinajstić information content (AvgIpc) is 2.78. The molecule has 1 fully saturated rings. The number of rotatable bonds is 0. The third kappa shape index (κ3) is 2.75. The van der Waals surface area contributed by atoms with Gasteiger partial charge in [-0.1, -0.05) is 11.6 Å². The van der Waals surface area contributed by atoms with Gasteiger partial charge in [-0.05, 0) is 100 Å². The molecule has 2 aromatic rings. The molecule has 26 heavy (non-hydrogen) atoms. The molecule has 0 unspecified atom stereocenters. The highest BCUT2D eigenvalue weighted by Gasteiger charge is 2.32. The number of aryl methyl sites for hydroxylation is 4. The molecule has 1 aromatic heterocycles. The highest BCUT2D eigenvalue weighted by Crippen LogP contribution is 2.40. The van der Waals surface area contributed by atoms with Crippen molar-refractivity contribution in [2.75, 3.05) is 13.1 Å². The van der Waals surface area contributed by atoms with Crippen LogP contribution in [0.15, 0.2) is 23.9 Å². The molecule has 0 saturated carbocycles. The molecule has 0 radical (unpaired) electrons. The lowest BCUT2D eigenvalue weighted by atomic mass is 9.84. The van der Waals surface area contributed by atoms with E-state index >= 15 is 0 Å². The largest absolute Gasteiger partial charge is 0.316 e. The molecule has 0 atom stereocenters. The van der Waals surface area contributed by atoms with Crippen molar-refractivity contribution < 1.29 is 9.94 Å². The van der Waals surface area contributed by atoms with Crippen molar-refractivity contribution in [1.29, 1.82) is 0 Å². The van der Waals surface area contributed by atoms with Gasteiger partial charge in [-0.25, -0.2) is 0 Å². The molecule has 3 heteroatoms. The van der Waals surface area contributed by atoms with Gasteiger partial charge in [-0.3, -0.25) is 5.21 Å². The summed E-state index contributed by atoms with van der Waals surface area (Å²) in [4.78, 5) is 0. The molecule has 1 aliphatic heterocycles. The van der Waals surface area contributed by atoms with Gasteiger partial charge < -0.3 is 5.32 Å². The molecule has 1 aliphatic carbocycles. The molecular formula is C23H29N2O+. The quantitative estimate of drug-likeness (QED) is 0.562. The fraction of sp³-hybridized carbons (Fsp3) is 0.435. The van der Waals surface area contributed by atoms with Gasteiger partial charge in [0.2, 0.25) is 6.20 Å². The number of nitrogens with zero attached hydrogens (tertiary/aromatic N) is 1. The molecule has 0 bridgehead atoms. The van der Waals surface area contributed by atoms with Gasteiger partial charge in [0.05, 0.1) is 5.57 Å². The highest BCUT2D eigenvalue weighted by molar-refractivity contribution is 5.85. The van der Waals surface area contributed by atoms with Crippen LogP contribution in [0.25, 0.3) is 5.57 Å². The normalized spacial score (nSPS) is 16.9. The van der Waals surface area contributed by atoms with Gasteiger partial charge in [0, 0.05) is 15.9 Å². The maximum absolute atomic E-state index is 10.9. The summed E-state index contributed by atoms with van der Waals surface area (Å²) in [6.07, 6.45) is 5.96. The van der Waals surface area contributed by atoms with Crippen molar-refractivity contribution in [3.63, 3.8) is 0 Å². The number of pyridine rings is 1. The molecule has 2 heterocycles. The summed E-state index contributed by atoms with van der Waals surface area (Å²) in [6, 6.07) is 4.57. The van der Waals surface area contributed by atoms with Crippen molar-refractivity contribution in [2.45, 2.75) is 53.4 Å². The Hall–Kier alpha value is -2.13. The van der Waals surface area contributed by atoms with Gasteiger partial charge in [-0.15, -0.1) is 0 Å². The Bertz CT molecular complexity index is 917. The van der Waals surface area contributed by atoms with Crippen LogP contribution in [0.4, 0.5) is 0 Å². The zero-order valence-corrected chi connectivity index (χ0v) is 16.4. The van der Waals surface area contributed by atoms with Crippen LogP contribution in [0.3, 0.4) is 0 Å². The topological polar surface area (TPSA) is 36.1 Å². The van der Waals surface area contributed by atoms with E-state index in [9.17, 15) is 5.21 Å². The van der Waals surface area contributed by atoms with Gasteiger partial charge in [-0.2, -0.15) is 0 Å². The average molecular weight is 349 g/mol. The van der Waals surface area contributed by atoms with Gasteiger partial charge in [0.1, 0.15) is 0 Å². The standard InChI is InChI=1S/C23H29N2O/c1-14-11-19-5-6-20-17(4)15(2)12-16(3)21(20)22(23(19)25(26)13-14)18-7-9-24-10-8-18/h11-13,24,26H,5-10H2,1-4H3/q+1. The summed E-state index contributed by atoms with van der Waals surface area (Å²) in [5, 5.41) is 14.3. The Kier molecular flexibility index (Phi) is 4.36. The molecular weight excluding hydrogens is 320 g/mol. The van der Waals surface area contributed by atoms with Crippen LogP contribution in [-0.4, -0.2) is 18.3 Å². The second-order valence-corrected chi connectivity index (χ2v) is 7.95. The Morgan fingerprint density at radius 3 is 2.38 bits per heavy atom. The summed E-state index contributed by atoms with van der Waals surface area (Å²) < 4.78 is 1.39. The maximum Gasteiger partial charge on any atom is 0.268 e. The number of benzene rings is 1. The number of fused-ring (bicyclic) bond motifs is 2. The SMILES string of the molecule is Cc1cc2c([n+](O)c1)C(=C1CCNCC1)c1c(C)cc(C)c(C)c1CC2. The lowest BCUT2D eigenvalue weighted by Gasteiger charge is -2.22. The van der Waals surface area contributed by atoms with Crippen molar-refractivity contribution in [3.05, 3.63) is 68.5 Å². The number of hydrogen-bond acceptors (Lipinski definition) is 2. The van der Waals surface area contributed by atoms with Crippen LogP contribution < -0.4 is 10.0 Å². The third-order valence-electron chi connectivity index (χ3n) is 6.13. The van der Waals surface area contributed by atoms with Gasteiger partial charge in [0.25, 0.3) is 5.69 Å². The summed E-state index contributed by atoms with van der Waals surface area (Å²) in [6.45, 7) is 10.8. The van der Waals surface area contributed by atoms with Gasteiger partial charge in [0.15, 0.2) is 0 Å². The van der Waals surface area contributed by atoms with Crippen molar-refractivity contribution in [3.8, 4) is 0 Å². The van der Waals surface area contributed by atoms with Crippen molar-refractivity contribution in [1.82, 2.24) is 5.32 Å². The first-order chi connectivity index (χ1) is 12.5. The van der Waals surface area contributed by atoms with Crippen LogP contribution in [-0.2, 0) is 12.8 Å². The first kappa shape index (κ1) is 17.3. The monoisotopic (exact) mass is 349 g/mol. The Morgan fingerprint density at radius 1 is 0.923 bits per heavy atom. The van der Waals surface area contributed by atoms with E-state index in [1.54, 1.807) is 0 Å². The van der Waals surface area contributed by atoms with E-state index in [0.29, 0.717) is 0 Å². The first-order valence-corrected chi connectivity index (χ1v) is 9.75. The molecule has 1 aromatic carbocycles. The lowest BCUT2D eigenvalue weighted by molar-refractivity contribution is -0.906. The van der Waals surface area contributed by atoms with Crippen LogP contribution in [0, 0.1) is 27.7 Å². The number of nitrogens with one attached hydrogen (secondary N) is 1. The van der Waals surface area contributed by atoms with Crippen LogP contribution in [0.1, 0.15) is 57.5 Å². The molecule has 2 N–H and O–H groups in total. The van der Waals surface area contributed by atoms with E-state index in [1.165, 1.54) is 49.3 Å². The molecule has 2 aliphatic rings. The molecule has 4 rings (SSSR count). The van der Waals surface area contributed by atoms with E-state index in [-0.39, 0.29) is 0 Å². The van der Waals surface area contributed by atoms with E-state index in [4.69, 9.17) is 0 Å². The summed E-state index contributed by atoms with van der Waals surface area (Å²) in [5.74, 6) is 0. The summed E-state index contributed by atoms with van der Waals surface area (Å²) in [7, 11) is 0. The Morgan fingerprint density at radius 2 is 1.65 bits per heavy atom. The zero-order chi connectivity index (χ0) is 18.4. The van der Waals surface area contributed by atoms with E-state index in [0.717, 1.165) is 50.0 Å². The Labute approximate surface area is 156 Å². The second-order valence-electron chi connectivity index (χ2n) is 7.95. The molecule has 0 amide bonds. The van der Waals surface area contributed by atoms with Crippen LogP contribution in [0.5, 0.6) is 0 Å². The van der Waals surface area contributed by atoms with Crippen LogP contribution >= 0.6 is 0 Å². The molecule has 0 spiro atoms. The molecule has 136 valence electrons. The fourth-order valence-corrected chi connectivity index (χ4v) is 4.78. The van der Waals surface area contributed by atoms with E-state index in [2.05, 4.69) is 45.1 Å². The number of aromatic nitrogens is 1. The van der Waals surface area contributed by atoms with Gasteiger partial charge >= 0.3 is 0 Å². The predicted molar refractivity (Wildman–Crippen MR) is 105 cm³/mol. The fourth-order valence-electron chi connectivity index (χ4n) is 4.78. The van der Waals surface area contributed by atoms with E-state index < -0.39 is 0 Å². The molecule has 1 saturated heterocycles. The smallest absolute Gasteiger partial charge is 0.268 e. The Balaban J connectivity index is 2.10. The number of hydrogen-bond donors (Lipinski definition) is 2. The highest BCUT2D eigenvalue weighted by atomic mass is 16.5. The minimum absolute atomic E-state index is 0.976. The second kappa shape index (κ2) is 6.55. The summed E-state index contributed by atoms with van der Waals surface area (Å²) in [5.41, 5.74) is 13.1. The first-order valence-electron chi connectivity index (χ1n) is 9.75. The van der Waals surface area contributed by atoms with Crippen LogP contribution in [0.2, 0.25) is 0 Å². The van der Waals surface area contributed by atoms with E-state index in [1.807, 2.05) is 6.20 Å². The lowest BCUT2D eigenvalue weighted by Crippen LogP contribution is -2.37. The maximum atomic E-state index is 10.9. The minimum Gasteiger partial charge on any atom is -0.316 e.